The van der Waals surface area contributed by atoms with Crippen LogP contribution in [0.4, 0.5) is 0 Å². The number of piperidine rings is 1. The van der Waals surface area contributed by atoms with Crippen LogP contribution in [0, 0.1) is 0 Å². The van der Waals surface area contributed by atoms with Crippen LogP contribution in [0.1, 0.15) is 24.8 Å². The fraction of sp³-hybridized carbons (Fsp3) is 0.389. The molecule has 1 heterocycles. The van der Waals surface area contributed by atoms with Crippen LogP contribution in [0.25, 0.3) is 10.8 Å². The van der Waals surface area contributed by atoms with Crippen molar-refractivity contribution in [3.05, 3.63) is 48.0 Å². The molecule has 3 nitrogen and oxygen atoms in total. The highest BCUT2D eigenvalue weighted by atomic mass is 16.5. The van der Waals surface area contributed by atoms with Crippen molar-refractivity contribution < 1.29 is 9.53 Å². The summed E-state index contributed by atoms with van der Waals surface area (Å²) in [5.41, 5.74) is 1.28. The van der Waals surface area contributed by atoms with Gasteiger partial charge in [0.25, 0.3) is 0 Å². The standard InChI is InChI=1S/C18H21NO2/c1-21-18(20)17-11-4-5-12-19(17)13-15-9-6-8-14-7-2-3-10-16(14)15/h2-3,6-10,17H,4-5,11-13H2,1H3. The van der Waals surface area contributed by atoms with Crippen molar-refractivity contribution in [3.63, 3.8) is 0 Å². The van der Waals surface area contributed by atoms with E-state index in [1.807, 2.05) is 0 Å². The van der Waals surface area contributed by atoms with Gasteiger partial charge in [0.1, 0.15) is 6.04 Å². The average molecular weight is 283 g/mol. The Bertz CT molecular complexity index is 633. The van der Waals surface area contributed by atoms with Crippen LogP contribution in [0.15, 0.2) is 42.5 Å². The number of carbonyl (C=O) groups excluding carboxylic acids is 1. The Morgan fingerprint density at radius 3 is 2.86 bits per heavy atom. The number of esters is 1. The highest BCUT2D eigenvalue weighted by Crippen LogP contribution is 2.24. The summed E-state index contributed by atoms with van der Waals surface area (Å²) in [7, 11) is 1.48. The maximum absolute atomic E-state index is 12.0. The van der Waals surface area contributed by atoms with Crippen LogP contribution in [0.5, 0.6) is 0 Å². The second-order valence-electron chi connectivity index (χ2n) is 5.64. The smallest absolute Gasteiger partial charge is 0.323 e. The predicted molar refractivity (Wildman–Crippen MR) is 84.0 cm³/mol. The number of benzene rings is 2. The lowest BCUT2D eigenvalue weighted by molar-refractivity contribution is -0.148. The van der Waals surface area contributed by atoms with Gasteiger partial charge < -0.3 is 4.74 Å². The Morgan fingerprint density at radius 1 is 1.19 bits per heavy atom. The third-order valence-electron chi connectivity index (χ3n) is 4.34. The summed E-state index contributed by atoms with van der Waals surface area (Å²) in [6.07, 6.45) is 3.15. The third kappa shape index (κ3) is 2.93. The largest absolute Gasteiger partial charge is 0.468 e. The van der Waals surface area contributed by atoms with Crippen LogP contribution < -0.4 is 0 Å². The number of ether oxygens (including phenoxy) is 1. The molecule has 3 heteroatoms. The number of nitrogens with zero attached hydrogens (tertiary/aromatic N) is 1. The molecule has 3 rings (SSSR count). The normalized spacial score (nSPS) is 19.6. The van der Waals surface area contributed by atoms with E-state index in [1.54, 1.807) is 0 Å². The van der Waals surface area contributed by atoms with E-state index in [1.165, 1.54) is 23.4 Å². The summed E-state index contributed by atoms with van der Waals surface area (Å²) in [6.45, 7) is 1.77. The molecule has 1 aliphatic heterocycles. The zero-order chi connectivity index (χ0) is 14.7. The third-order valence-corrected chi connectivity index (χ3v) is 4.34. The molecule has 2 aromatic carbocycles. The molecule has 0 N–H and O–H groups in total. The molecule has 0 radical (unpaired) electrons. The van der Waals surface area contributed by atoms with Crippen molar-refractivity contribution in [2.75, 3.05) is 13.7 Å². The molecular formula is C18H21NO2. The first kappa shape index (κ1) is 14.1. The summed E-state index contributed by atoms with van der Waals surface area (Å²) in [5.74, 6) is -0.102. The van der Waals surface area contributed by atoms with E-state index in [4.69, 9.17) is 4.74 Å². The Balaban J connectivity index is 1.88. The summed E-state index contributed by atoms with van der Waals surface area (Å²) in [6, 6.07) is 14.7. The molecule has 110 valence electrons. The number of hydrogen-bond donors (Lipinski definition) is 0. The monoisotopic (exact) mass is 283 g/mol. The molecule has 0 spiro atoms. The van der Waals surface area contributed by atoms with Crippen molar-refractivity contribution in [1.29, 1.82) is 0 Å². The van der Waals surface area contributed by atoms with Crippen molar-refractivity contribution in [2.45, 2.75) is 31.8 Å². The van der Waals surface area contributed by atoms with Gasteiger partial charge in [0.15, 0.2) is 0 Å². The minimum absolute atomic E-state index is 0.0947. The average Bonchev–Trinajstić information content (AvgIpc) is 2.55. The van der Waals surface area contributed by atoms with Crippen LogP contribution in [-0.4, -0.2) is 30.6 Å². The first-order valence-electron chi connectivity index (χ1n) is 7.58. The molecule has 0 bridgehead atoms. The Morgan fingerprint density at radius 2 is 2.00 bits per heavy atom. The van der Waals surface area contributed by atoms with E-state index in [9.17, 15) is 4.79 Å². The van der Waals surface area contributed by atoms with E-state index in [0.29, 0.717) is 0 Å². The molecule has 1 saturated heterocycles. The summed E-state index contributed by atoms with van der Waals surface area (Å²) in [5, 5.41) is 2.52. The first-order chi connectivity index (χ1) is 10.3. The summed E-state index contributed by atoms with van der Waals surface area (Å²) < 4.78 is 4.96. The number of rotatable bonds is 3. The van der Waals surface area contributed by atoms with Crippen LogP contribution in [0.2, 0.25) is 0 Å². The van der Waals surface area contributed by atoms with Gasteiger partial charge in [-0.2, -0.15) is 0 Å². The van der Waals surface area contributed by atoms with Crippen molar-refractivity contribution in [1.82, 2.24) is 4.90 Å². The number of methoxy groups -OCH3 is 1. The Kier molecular flexibility index (Phi) is 4.20. The van der Waals surface area contributed by atoms with Gasteiger partial charge in [-0.05, 0) is 35.7 Å². The first-order valence-corrected chi connectivity index (χ1v) is 7.58. The van der Waals surface area contributed by atoms with Crippen LogP contribution >= 0.6 is 0 Å². The molecule has 1 unspecified atom stereocenters. The number of likely N-dealkylation sites (tertiary alicyclic amines) is 1. The van der Waals surface area contributed by atoms with Crippen LogP contribution in [0.3, 0.4) is 0 Å². The van der Waals surface area contributed by atoms with Gasteiger partial charge >= 0.3 is 5.97 Å². The van der Waals surface area contributed by atoms with Gasteiger partial charge in [0.2, 0.25) is 0 Å². The molecule has 1 atom stereocenters. The van der Waals surface area contributed by atoms with Gasteiger partial charge in [0, 0.05) is 6.54 Å². The lowest BCUT2D eigenvalue weighted by Crippen LogP contribution is -2.44. The van der Waals surface area contributed by atoms with Gasteiger partial charge in [-0.15, -0.1) is 0 Å². The number of fused-ring (bicyclic) bond motifs is 1. The fourth-order valence-corrected chi connectivity index (χ4v) is 3.23. The molecule has 0 aromatic heterocycles. The zero-order valence-electron chi connectivity index (χ0n) is 12.4. The predicted octanol–water partition coefficient (Wildman–Crippen LogP) is 3.37. The highest BCUT2D eigenvalue weighted by molar-refractivity contribution is 5.85. The van der Waals surface area contributed by atoms with E-state index in [2.05, 4.69) is 47.4 Å². The molecule has 1 aliphatic rings. The molecule has 0 amide bonds. The summed E-state index contributed by atoms with van der Waals surface area (Å²) in [4.78, 5) is 14.2. The molecule has 2 aromatic rings. The van der Waals surface area contributed by atoms with Gasteiger partial charge in [0.05, 0.1) is 7.11 Å². The van der Waals surface area contributed by atoms with E-state index in [0.717, 1.165) is 32.4 Å². The topological polar surface area (TPSA) is 29.5 Å². The second-order valence-corrected chi connectivity index (χ2v) is 5.64. The summed E-state index contributed by atoms with van der Waals surface area (Å²) >= 11 is 0. The SMILES string of the molecule is COC(=O)C1CCCCN1Cc1cccc2ccccc12. The zero-order valence-corrected chi connectivity index (χ0v) is 12.4. The quantitative estimate of drug-likeness (QED) is 0.809. The minimum Gasteiger partial charge on any atom is -0.468 e. The maximum Gasteiger partial charge on any atom is 0.323 e. The maximum atomic E-state index is 12.0. The lowest BCUT2D eigenvalue weighted by Gasteiger charge is -2.33. The molecular weight excluding hydrogens is 262 g/mol. The minimum atomic E-state index is -0.102. The van der Waals surface area contributed by atoms with Crippen molar-refractivity contribution >= 4 is 16.7 Å². The second kappa shape index (κ2) is 6.27. The molecule has 1 fully saturated rings. The Hall–Kier alpha value is -1.87. The molecule has 0 aliphatic carbocycles. The van der Waals surface area contributed by atoms with Crippen molar-refractivity contribution in [2.24, 2.45) is 0 Å². The number of carbonyl (C=O) groups is 1. The van der Waals surface area contributed by atoms with Gasteiger partial charge in [-0.3, -0.25) is 9.69 Å². The van der Waals surface area contributed by atoms with Gasteiger partial charge in [-0.25, -0.2) is 0 Å². The van der Waals surface area contributed by atoms with Crippen LogP contribution in [-0.2, 0) is 16.1 Å². The van der Waals surface area contributed by atoms with E-state index in [-0.39, 0.29) is 12.0 Å². The fourth-order valence-electron chi connectivity index (χ4n) is 3.23. The Labute approximate surface area is 125 Å². The molecule has 0 saturated carbocycles. The highest BCUT2D eigenvalue weighted by Gasteiger charge is 2.29. The molecule has 21 heavy (non-hydrogen) atoms. The number of hydrogen-bond acceptors (Lipinski definition) is 3. The van der Waals surface area contributed by atoms with E-state index < -0.39 is 0 Å². The lowest BCUT2D eigenvalue weighted by atomic mass is 9.99. The van der Waals surface area contributed by atoms with Gasteiger partial charge in [-0.1, -0.05) is 48.9 Å². The van der Waals surface area contributed by atoms with Crippen molar-refractivity contribution in [3.8, 4) is 0 Å². The van der Waals surface area contributed by atoms with E-state index >= 15 is 0 Å².